The van der Waals surface area contributed by atoms with Gasteiger partial charge in [0.15, 0.2) is 11.6 Å². The van der Waals surface area contributed by atoms with Crippen LogP contribution in [-0.4, -0.2) is 11.6 Å². The highest BCUT2D eigenvalue weighted by Crippen LogP contribution is 2.33. The van der Waals surface area contributed by atoms with Gasteiger partial charge < -0.3 is 4.74 Å². The summed E-state index contributed by atoms with van der Waals surface area (Å²) in [5.41, 5.74) is 1.83. The molecule has 3 heteroatoms. The predicted molar refractivity (Wildman–Crippen MR) is 69.3 cm³/mol. The molecular formula is C15H16FNO. The summed E-state index contributed by atoms with van der Waals surface area (Å²) in [5, 5.41) is 0.993. The van der Waals surface area contributed by atoms with Crippen molar-refractivity contribution in [3.05, 3.63) is 35.8 Å². The molecule has 2 nitrogen and oxygen atoms in total. The van der Waals surface area contributed by atoms with Crippen LogP contribution in [0.3, 0.4) is 0 Å². The number of halogens is 1. The topological polar surface area (TPSA) is 22.1 Å². The summed E-state index contributed by atoms with van der Waals surface area (Å²) in [6.07, 6.45) is 5.03. The lowest BCUT2D eigenvalue weighted by Gasteiger charge is -2.11. The first kappa shape index (κ1) is 11.5. The van der Waals surface area contributed by atoms with Gasteiger partial charge in [0.1, 0.15) is 5.52 Å². The minimum Gasteiger partial charge on any atom is -0.488 e. The number of hydrogen-bond acceptors (Lipinski definition) is 2. The number of fused-ring (bicyclic) bond motifs is 1. The maximum absolute atomic E-state index is 13.9. The highest BCUT2D eigenvalue weighted by Gasteiger charge is 2.23. The van der Waals surface area contributed by atoms with Crippen molar-refractivity contribution in [3.63, 3.8) is 0 Å². The molecule has 3 rings (SSSR count). The van der Waals surface area contributed by atoms with E-state index in [0.717, 1.165) is 11.8 Å². The van der Waals surface area contributed by atoms with Crippen LogP contribution in [0.4, 0.5) is 4.39 Å². The Bertz CT molecular complexity index is 578. The number of rotatable bonds is 4. The summed E-state index contributed by atoms with van der Waals surface area (Å²) < 4.78 is 19.5. The standard InChI is InChI=1S/C15H16FNO/c1-2-11-7-8-17-14-12(11)5-6-13(16)15(14)18-9-10-3-4-10/h5-8,10H,2-4,9H2,1H3. The van der Waals surface area contributed by atoms with Crippen LogP contribution >= 0.6 is 0 Å². The molecule has 0 amide bonds. The molecule has 0 bridgehead atoms. The monoisotopic (exact) mass is 245 g/mol. The molecule has 0 spiro atoms. The Kier molecular flexibility index (Phi) is 2.90. The lowest BCUT2D eigenvalue weighted by Crippen LogP contribution is -2.02. The molecule has 2 aromatic rings. The third-order valence-corrected chi connectivity index (χ3v) is 3.45. The molecular weight excluding hydrogens is 229 g/mol. The Hall–Kier alpha value is -1.64. The van der Waals surface area contributed by atoms with Crippen molar-refractivity contribution in [2.75, 3.05) is 6.61 Å². The van der Waals surface area contributed by atoms with Gasteiger partial charge in [0.2, 0.25) is 0 Å². The molecule has 1 fully saturated rings. The molecule has 1 aromatic carbocycles. The summed E-state index contributed by atoms with van der Waals surface area (Å²) in [5.74, 6) is 0.604. The second-order valence-corrected chi connectivity index (χ2v) is 4.85. The SMILES string of the molecule is CCc1ccnc2c(OCC3CC3)c(F)ccc12. The number of aryl methyl sites for hydroxylation is 1. The first-order valence-corrected chi connectivity index (χ1v) is 6.48. The molecule has 0 N–H and O–H groups in total. The molecule has 18 heavy (non-hydrogen) atoms. The van der Waals surface area contributed by atoms with Crippen LogP contribution in [0, 0.1) is 11.7 Å². The normalized spacial score (nSPS) is 15.0. The fourth-order valence-corrected chi connectivity index (χ4v) is 2.16. The highest BCUT2D eigenvalue weighted by molar-refractivity contribution is 5.87. The van der Waals surface area contributed by atoms with Gasteiger partial charge in [-0.15, -0.1) is 0 Å². The zero-order valence-corrected chi connectivity index (χ0v) is 10.4. The summed E-state index contributed by atoms with van der Waals surface area (Å²) in [7, 11) is 0. The second kappa shape index (κ2) is 4.56. The van der Waals surface area contributed by atoms with E-state index in [0.29, 0.717) is 23.8 Å². The molecule has 1 heterocycles. The van der Waals surface area contributed by atoms with Gasteiger partial charge in [0.25, 0.3) is 0 Å². The molecule has 0 atom stereocenters. The van der Waals surface area contributed by atoms with E-state index in [1.54, 1.807) is 12.3 Å². The van der Waals surface area contributed by atoms with Crippen molar-refractivity contribution in [2.45, 2.75) is 26.2 Å². The molecule has 0 radical (unpaired) electrons. The predicted octanol–water partition coefficient (Wildman–Crippen LogP) is 3.73. The Morgan fingerprint density at radius 2 is 2.17 bits per heavy atom. The molecule has 1 aromatic heterocycles. The molecule has 1 aliphatic carbocycles. The molecule has 0 aliphatic heterocycles. The average Bonchev–Trinajstić information content (AvgIpc) is 3.20. The maximum atomic E-state index is 13.9. The maximum Gasteiger partial charge on any atom is 0.181 e. The van der Waals surface area contributed by atoms with Crippen LogP contribution in [0.25, 0.3) is 10.9 Å². The van der Waals surface area contributed by atoms with E-state index in [1.165, 1.54) is 24.5 Å². The van der Waals surface area contributed by atoms with Gasteiger partial charge in [-0.25, -0.2) is 4.39 Å². The number of ether oxygens (including phenoxy) is 1. The smallest absolute Gasteiger partial charge is 0.181 e. The van der Waals surface area contributed by atoms with Gasteiger partial charge in [-0.3, -0.25) is 4.98 Å². The third kappa shape index (κ3) is 2.05. The molecule has 0 unspecified atom stereocenters. The van der Waals surface area contributed by atoms with E-state index < -0.39 is 0 Å². The van der Waals surface area contributed by atoms with Crippen molar-refractivity contribution in [1.29, 1.82) is 0 Å². The van der Waals surface area contributed by atoms with E-state index >= 15 is 0 Å². The van der Waals surface area contributed by atoms with Gasteiger partial charge in [0.05, 0.1) is 6.61 Å². The number of aromatic nitrogens is 1. The zero-order chi connectivity index (χ0) is 12.5. The minimum atomic E-state index is -0.316. The second-order valence-electron chi connectivity index (χ2n) is 4.85. The van der Waals surface area contributed by atoms with E-state index in [-0.39, 0.29) is 5.82 Å². The first-order chi connectivity index (χ1) is 8.79. The Balaban J connectivity index is 2.06. The minimum absolute atomic E-state index is 0.315. The molecule has 94 valence electrons. The van der Waals surface area contributed by atoms with Crippen molar-refractivity contribution in [3.8, 4) is 5.75 Å². The summed E-state index contributed by atoms with van der Waals surface area (Å²) >= 11 is 0. The van der Waals surface area contributed by atoms with Gasteiger partial charge in [0, 0.05) is 11.6 Å². The highest BCUT2D eigenvalue weighted by atomic mass is 19.1. The van der Waals surface area contributed by atoms with E-state index in [9.17, 15) is 4.39 Å². The van der Waals surface area contributed by atoms with Gasteiger partial charge in [-0.1, -0.05) is 6.92 Å². The summed E-state index contributed by atoms with van der Waals surface area (Å²) in [6.45, 7) is 2.69. The fourth-order valence-electron chi connectivity index (χ4n) is 2.16. The lowest BCUT2D eigenvalue weighted by molar-refractivity contribution is 0.288. The van der Waals surface area contributed by atoms with Crippen LogP contribution in [0.5, 0.6) is 5.75 Å². The quantitative estimate of drug-likeness (QED) is 0.819. The molecule has 0 saturated heterocycles. The van der Waals surface area contributed by atoms with Crippen LogP contribution in [0.2, 0.25) is 0 Å². The Morgan fingerprint density at radius 3 is 2.89 bits per heavy atom. The third-order valence-electron chi connectivity index (χ3n) is 3.45. The number of hydrogen-bond donors (Lipinski definition) is 0. The van der Waals surface area contributed by atoms with Crippen LogP contribution < -0.4 is 4.74 Å². The summed E-state index contributed by atoms with van der Waals surface area (Å²) in [4.78, 5) is 4.28. The number of pyridine rings is 1. The average molecular weight is 245 g/mol. The van der Waals surface area contributed by atoms with Crippen molar-refractivity contribution < 1.29 is 9.13 Å². The largest absolute Gasteiger partial charge is 0.488 e. The fraction of sp³-hybridized carbons (Fsp3) is 0.400. The first-order valence-electron chi connectivity index (χ1n) is 6.48. The van der Waals surface area contributed by atoms with Crippen LogP contribution in [-0.2, 0) is 6.42 Å². The van der Waals surface area contributed by atoms with Crippen molar-refractivity contribution >= 4 is 10.9 Å². The number of nitrogens with zero attached hydrogens (tertiary/aromatic N) is 1. The Labute approximate surface area is 106 Å². The van der Waals surface area contributed by atoms with Crippen molar-refractivity contribution in [1.82, 2.24) is 4.98 Å². The lowest BCUT2D eigenvalue weighted by atomic mass is 10.1. The molecule has 1 saturated carbocycles. The van der Waals surface area contributed by atoms with E-state index in [4.69, 9.17) is 4.74 Å². The molecule has 1 aliphatic rings. The van der Waals surface area contributed by atoms with Gasteiger partial charge in [-0.2, -0.15) is 0 Å². The zero-order valence-electron chi connectivity index (χ0n) is 10.4. The van der Waals surface area contributed by atoms with E-state index in [1.807, 2.05) is 6.07 Å². The van der Waals surface area contributed by atoms with Crippen LogP contribution in [0.1, 0.15) is 25.3 Å². The summed E-state index contributed by atoms with van der Waals surface area (Å²) in [6, 6.07) is 5.25. The van der Waals surface area contributed by atoms with Crippen molar-refractivity contribution in [2.24, 2.45) is 5.92 Å². The Morgan fingerprint density at radius 1 is 1.33 bits per heavy atom. The van der Waals surface area contributed by atoms with Gasteiger partial charge >= 0.3 is 0 Å². The van der Waals surface area contributed by atoms with Gasteiger partial charge in [-0.05, 0) is 48.9 Å². The number of benzene rings is 1. The van der Waals surface area contributed by atoms with Crippen LogP contribution in [0.15, 0.2) is 24.4 Å². The van der Waals surface area contributed by atoms with E-state index in [2.05, 4.69) is 11.9 Å².